The second-order valence-corrected chi connectivity index (χ2v) is 2.33. The van der Waals surface area contributed by atoms with Crippen LogP contribution >= 0.6 is 24.2 Å². The van der Waals surface area contributed by atoms with Crippen LogP contribution in [-0.2, 0) is 4.79 Å². The first kappa shape index (κ1) is 5.05. The molecule has 0 unspecified atom stereocenters. The Labute approximate surface area is 50.8 Å². The van der Waals surface area contributed by atoms with Crippen molar-refractivity contribution in [3.05, 3.63) is 0 Å². The van der Waals surface area contributed by atoms with Crippen molar-refractivity contribution < 1.29 is 4.79 Å². The average molecular weight is 133 g/mol. The lowest BCUT2D eigenvalue weighted by Gasteiger charge is -1.81. The zero-order valence-corrected chi connectivity index (χ0v) is 5.06. The van der Waals surface area contributed by atoms with Crippen LogP contribution in [0.4, 0.5) is 0 Å². The predicted octanol–water partition coefficient (Wildman–Crippen LogP) is 0.134. The van der Waals surface area contributed by atoms with Crippen molar-refractivity contribution in [2.75, 3.05) is 5.75 Å². The molecule has 0 aromatic carbocycles. The molecule has 38 valence electrons. The molecule has 0 saturated carbocycles. The molecular formula is C3H3NOS2. The van der Waals surface area contributed by atoms with Crippen molar-refractivity contribution in [1.82, 2.24) is 4.72 Å². The van der Waals surface area contributed by atoms with E-state index in [2.05, 4.69) is 16.9 Å². The fraction of sp³-hybridized carbons (Fsp3) is 0.333. The summed E-state index contributed by atoms with van der Waals surface area (Å²) in [5.74, 6) is 0.541. The highest BCUT2D eigenvalue weighted by molar-refractivity contribution is 8.01. The third kappa shape index (κ3) is 0.920. The number of hydrogen-bond donors (Lipinski definition) is 1. The maximum atomic E-state index is 10.3. The van der Waals surface area contributed by atoms with Crippen molar-refractivity contribution in [2.45, 2.75) is 0 Å². The topological polar surface area (TPSA) is 29.1 Å². The van der Waals surface area contributed by atoms with Gasteiger partial charge in [0.25, 0.3) is 0 Å². The lowest BCUT2D eigenvalue weighted by atomic mass is 10.5. The Morgan fingerprint density at radius 1 is 1.86 bits per heavy atom. The summed E-state index contributed by atoms with van der Waals surface area (Å²) >= 11 is 5.91. The van der Waals surface area contributed by atoms with E-state index in [9.17, 15) is 4.79 Å². The smallest absolute Gasteiger partial charge is 0.202 e. The molecule has 0 spiro atoms. The first-order chi connectivity index (χ1) is 3.30. The number of carbonyl (C=O) groups excluding carboxylic acids is 1. The average Bonchev–Trinajstić information content (AvgIpc) is 1.91. The van der Waals surface area contributed by atoms with Gasteiger partial charge in [0.2, 0.25) is 5.78 Å². The molecule has 0 bridgehead atoms. The molecule has 0 aliphatic carbocycles. The van der Waals surface area contributed by atoms with Crippen molar-refractivity contribution >= 4 is 34.9 Å². The summed E-state index contributed by atoms with van der Waals surface area (Å²) in [6, 6.07) is 0. The third-order valence-electron chi connectivity index (χ3n) is 0.621. The molecule has 1 rings (SSSR count). The molecule has 0 aromatic rings. The zero-order valence-electron chi connectivity index (χ0n) is 3.43. The van der Waals surface area contributed by atoms with Crippen LogP contribution in [0.15, 0.2) is 0 Å². The molecule has 2 nitrogen and oxygen atoms in total. The van der Waals surface area contributed by atoms with Gasteiger partial charge >= 0.3 is 0 Å². The van der Waals surface area contributed by atoms with Crippen molar-refractivity contribution in [2.24, 2.45) is 0 Å². The number of hydrogen-bond acceptors (Lipinski definition) is 3. The minimum Gasteiger partial charge on any atom is -0.317 e. The van der Waals surface area contributed by atoms with Gasteiger partial charge in [-0.15, -0.1) is 0 Å². The molecule has 4 heteroatoms. The quantitative estimate of drug-likeness (QED) is 0.376. The van der Waals surface area contributed by atoms with Crippen molar-refractivity contribution in [3.63, 3.8) is 0 Å². The van der Waals surface area contributed by atoms with Gasteiger partial charge in [0.05, 0.1) is 5.75 Å². The van der Waals surface area contributed by atoms with E-state index < -0.39 is 0 Å². The van der Waals surface area contributed by atoms with E-state index in [0.717, 1.165) is 0 Å². The Bertz CT molecular complexity index is 108. The lowest BCUT2D eigenvalue weighted by Crippen LogP contribution is -2.13. The van der Waals surface area contributed by atoms with E-state index in [1.807, 2.05) is 0 Å². The van der Waals surface area contributed by atoms with Gasteiger partial charge in [-0.3, -0.25) is 4.79 Å². The normalized spacial score (nSPS) is 20.0. The number of rotatable bonds is 0. The summed E-state index contributed by atoms with van der Waals surface area (Å²) in [6.45, 7) is 0. The van der Waals surface area contributed by atoms with E-state index in [1.165, 1.54) is 11.9 Å². The summed E-state index contributed by atoms with van der Waals surface area (Å²) in [6.07, 6.45) is 0. The Balaban J connectivity index is 2.65. The van der Waals surface area contributed by atoms with Crippen LogP contribution in [0.5, 0.6) is 0 Å². The molecule has 1 N–H and O–H groups in total. The third-order valence-corrected chi connectivity index (χ3v) is 1.84. The highest BCUT2D eigenvalue weighted by Gasteiger charge is 2.15. The summed E-state index contributed by atoms with van der Waals surface area (Å²) in [7, 11) is 0. The molecule has 1 fully saturated rings. The maximum Gasteiger partial charge on any atom is 0.202 e. The fourth-order valence-corrected chi connectivity index (χ4v) is 1.22. The Kier molecular flexibility index (Phi) is 1.30. The van der Waals surface area contributed by atoms with Crippen LogP contribution in [0.1, 0.15) is 0 Å². The molecule has 1 saturated heterocycles. The van der Waals surface area contributed by atoms with Gasteiger partial charge in [-0.25, -0.2) is 0 Å². The second-order valence-electron chi connectivity index (χ2n) is 1.14. The van der Waals surface area contributed by atoms with E-state index in [0.29, 0.717) is 10.7 Å². The van der Waals surface area contributed by atoms with E-state index in [-0.39, 0.29) is 5.78 Å². The van der Waals surface area contributed by atoms with Crippen molar-refractivity contribution in [1.29, 1.82) is 0 Å². The highest BCUT2D eigenvalue weighted by atomic mass is 32.2. The van der Waals surface area contributed by atoms with Crippen LogP contribution in [0.2, 0.25) is 0 Å². The molecule has 0 amide bonds. The molecule has 1 heterocycles. The number of Topliss-reactive ketones (excluding diaryl/α,β-unsaturated/α-hetero) is 1. The van der Waals surface area contributed by atoms with E-state index >= 15 is 0 Å². The predicted molar refractivity (Wildman–Crippen MR) is 33.2 cm³/mol. The Hall–Kier alpha value is -0.0900. The second kappa shape index (κ2) is 1.79. The molecular weight excluding hydrogens is 130 g/mol. The minimum atomic E-state index is 0.0417. The summed E-state index contributed by atoms with van der Waals surface area (Å²) in [4.78, 5) is 10.7. The summed E-state index contributed by atoms with van der Waals surface area (Å²) in [5.41, 5.74) is 0. The molecule has 0 atom stereocenters. The van der Waals surface area contributed by atoms with Crippen LogP contribution in [0.3, 0.4) is 0 Å². The van der Waals surface area contributed by atoms with Crippen molar-refractivity contribution in [3.8, 4) is 0 Å². The van der Waals surface area contributed by atoms with Crippen LogP contribution < -0.4 is 4.72 Å². The number of nitrogens with one attached hydrogen (secondary N) is 1. The van der Waals surface area contributed by atoms with Gasteiger partial charge in [0.1, 0.15) is 0 Å². The Morgan fingerprint density at radius 3 is 2.71 bits per heavy atom. The molecule has 1 aliphatic heterocycles. The molecule has 0 radical (unpaired) electrons. The SMILES string of the molecule is O=C1CSNC1=S. The molecule has 0 aromatic heterocycles. The van der Waals surface area contributed by atoms with Crippen LogP contribution in [-0.4, -0.2) is 16.5 Å². The Morgan fingerprint density at radius 2 is 2.57 bits per heavy atom. The van der Waals surface area contributed by atoms with Gasteiger partial charge in [-0.2, -0.15) is 0 Å². The van der Waals surface area contributed by atoms with E-state index in [4.69, 9.17) is 0 Å². The van der Waals surface area contributed by atoms with Gasteiger partial charge in [-0.1, -0.05) is 12.2 Å². The lowest BCUT2D eigenvalue weighted by molar-refractivity contribution is -0.110. The minimum absolute atomic E-state index is 0.0417. The van der Waals surface area contributed by atoms with Gasteiger partial charge in [-0.05, 0) is 11.9 Å². The van der Waals surface area contributed by atoms with E-state index in [1.54, 1.807) is 0 Å². The van der Waals surface area contributed by atoms with Crippen LogP contribution in [0.25, 0.3) is 0 Å². The maximum absolute atomic E-state index is 10.3. The largest absolute Gasteiger partial charge is 0.317 e. The van der Waals surface area contributed by atoms with Gasteiger partial charge < -0.3 is 4.72 Å². The zero-order chi connectivity index (χ0) is 5.28. The monoisotopic (exact) mass is 133 g/mol. The number of thiocarbonyl (C=S) groups is 1. The van der Waals surface area contributed by atoms with Gasteiger partial charge in [0, 0.05) is 0 Å². The van der Waals surface area contributed by atoms with Gasteiger partial charge in [0.15, 0.2) is 4.99 Å². The number of ketones is 1. The first-order valence-electron chi connectivity index (χ1n) is 1.75. The highest BCUT2D eigenvalue weighted by Crippen LogP contribution is 2.03. The standard InChI is InChI=1S/C3H3NOS2/c5-2-1-7-4-3(2)6/h1H2,(H,4,6). The van der Waals surface area contributed by atoms with Crippen LogP contribution in [0, 0.1) is 0 Å². The summed E-state index contributed by atoms with van der Waals surface area (Å²) < 4.78 is 2.67. The summed E-state index contributed by atoms with van der Waals surface area (Å²) in [5, 5.41) is 0. The molecule has 7 heavy (non-hydrogen) atoms. The number of carbonyl (C=O) groups is 1. The molecule has 1 aliphatic rings. The first-order valence-corrected chi connectivity index (χ1v) is 3.15. The fourth-order valence-electron chi connectivity index (χ4n) is 0.290.